The largest absolute Gasteiger partial charge is 0.496 e. The van der Waals surface area contributed by atoms with Gasteiger partial charge in [-0.05, 0) is 40.2 Å². The summed E-state index contributed by atoms with van der Waals surface area (Å²) in [5, 5.41) is 2.63. The predicted octanol–water partition coefficient (Wildman–Crippen LogP) is 2.70. The SMILES string of the molecule is COc1cccc(C(=O)[C@@H]2CCC(=O)N2CCNC(=O)OC(C)(C)C)c1C. The normalized spacial score (nSPS) is 17.0. The van der Waals surface area contributed by atoms with Crippen LogP contribution in [-0.4, -0.2) is 54.5 Å². The molecule has 148 valence electrons. The third kappa shape index (κ3) is 5.21. The zero-order chi connectivity index (χ0) is 20.2. The smallest absolute Gasteiger partial charge is 0.407 e. The van der Waals surface area contributed by atoms with Gasteiger partial charge in [0.2, 0.25) is 5.91 Å². The van der Waals surface area contributed by atoms with E-state index in [1.54, 1.807) is 51.0 Å². The van der Waals surface area contributed by atoms with Crippen molar-refractivity contribution in [1.82, 2.24) is 10.2 Å². The van der Waals surface area contributed by atoms with Gasteiger partial charge in [0.25, 0.3) is 0 Å². The number of hydrogen-bond donors (Lipinski definition) is 1. The number of carbonyl (C=O) groups excluding carboxylic acids is 3. The number of nitrogens with zero attached hydrogens (tertiary/aromatic N) is 1. The van der Waals surface area contributed by atoms with Crippen LogP contribution in [0.5, 0.6) is 5.75 Å². The maximum Gasteiger partial charge on any atom is 0.407 e. The lowest BCUT2D eigenvalue weighted by atomic mass is 9.97. The van der Waals surface area contributed by atoms with E-state index in [4.69, 9.17) is 9.47 Å². The van der Waals surface area contributed by atoms with E-state index < -0.39 is 17.7 Å². The molecule has 1 aliphatic rings. The second kappa shape index (κ2) is 8.41. The lowest BCUT2D eigenvalue weighted by molar-refractivity contribution is -0.128. The number of amides is 2. The summed E-state index contributed by atoms with van der Waals surface area (Å²) in [6.07, 6.45) is 0.257. The van der Waals surface area contributed by atoms with Crippen molar-refractivity contribution >= 4 is 17.8 Å². The Bertz CT molecular complexity index is 724. The number of benzene rings is 1. The molecule has 0 unspecified atom stereocenters. The summed E-state index contributed by atoms with van der Waals surface area (Å²) >= 11 is 0. The molecule has 1 saturated heterocycles. The van der Waals surface area contributed by atoms with Crippen LogP contribution in [0, 0.1) is 6.92 Å². The van der Waals surface area contributed by atoms with Gasteiger partial charge in [-0.25, -0.2) is 4.79 Å². The highest BCUT2D eigenvalue weighted by Crippen LogP contribution is 2.27. The number of nitrogens with one attached hydrogen (secondary N) is 1. The lowest BCUT2D eigenvalue weighted by Gasteiger charge is -2.25. The minimum atomic E-state index is -0.587. The molecule has 0 aromatic heterocycles. The Balaban J connectivity index is 2.03. The average molecular weight is 376 g/mol. The van der Waals surface area contributed by atoms with E-state index in [1.165, 1.54) is 0 Å². The first-order chi connectivity index (χ1) is 12.6. The van der Waals surface area contributed by atoms with Gasteiger partial charge in [0.1, 0.15) is 11.4 Å². The molecule has 1 aromatic carbocycles. The fourth-order valence-electron chi connectivity index (χ4n) is 3.16. The molecule has 2 rings (SSSR count). The second-order valence-corrected chi connectivity index (χ2v) is 7.57. The molecule has 2 amide bonds. The van der Waals surface area contributed by atoms with E-state index >= 15 is 0 Å². The summed E-state index contributed by atoms with van der Waals surface area (Å²) in [6, 6.07) is 4.79. The number of methoxy groups -OCH3 is 1. The standard InChI is InChI=1S/C20H28N2O5/c1-13-14(7-6-8-16(13)26-5)18(24)15-9-10-17(23)22(15)12-11-21-19(25)27-20(2,3)4/h6-8,15H,9-12H2,1-5H3,(H,21,25)/t15-/m0/s1. The quantitative estimate of drug-likeness (QED) is 0.772. The Hall–Kier alpha value is -2.57. The molecule has 0 aliphatic carbocycles. The van der Waals surface area contributed by atoms with Gasteiger partial charge < -0.3 is 19.7 Å². The zero-order valence-electron chi connectivity index (χ0n) is 16.6. The summed E-state index contributed by atoms with van der Waals surface area (Å²) in [5.41, 5.74) is 0.728. The number of likely N-dealkylation sites (tertiary alicyclic amines) is 1. The fraction of sp³-hybridized carbons (Fsp3) is 0.550. The van der Waals surface area contributed by atoms with Gasteiger partial charge in [-0.1, -0.05) is 12.1 Å². The Morgan fingerprint density at radius 3 is 2.63 bits per heavy atom. The van der Waals surface area contributed by atoms with E-state index in [-0.39, 0.29) is 24.8 Å². The number of ether oxygens (including phenoxy) is 2. The van der Waals surface area contributed by atoms with Crippen LogP contribution in [0.25, 0.3) is 0 Å². The average Bonchev–Trinajstić information content (AvgIpc) is 2.94. The Morgan fingerprint density at radius 2 is 2.00 bits per heavy atom. The molecular weight excluding hydrogens is 348 g/mol. The van der Waals surface area contributed by atoms with E-state index in [2.05, 4.69) is 5.32 Å². The first-order valence-corrected chi connectivity index (χ1v) is 9.08. The van der Waals surface area contributed by atoms with Crippen molar-refractivity contribution in [2.24, 2.45) is 0 Å². The molecule has 7 nitrogen and oxygen atoms in total. The van der Waals surface area contributed by atoms with E-state index in [0.717, 1.165) is 5.56 Å². The zero-order valence-corrected chi connectivity index (χ0v) is 16.6. The van der Waals surface area contributed by atoms with Crippen LogP contribution in [-0.2, 0) is 9.53 Å². The van der Waals surface area contributed by atoms with Gasteiger partial charge in [0.05, 0.1) is 13.2 Å². The van der Waals surface area contributed by atoms with Crippen molar-refractivity contribution < 1.29 is 23.9 Å². The molecule has 1 atom stereocenters. The number of hydrogen-bond acceptors (Lipinski definition) is 5. The van der Waals surface area contributed by atoms with Crippen LogP contribution in [0.1, 0.15) is 49.5 Å². The summed E-state index contributed by atoms with van der Waals surface area (Å²) in [5.74, 6) is 0.456. The highest BCUT2D eigenvalue weighted by molar-refractivity contribution is 6.04. The van der Waals surface area contributed by atoms with Crippen LogP contribution >= 0.6 is 0 Å². The minimum Gasteiger partial charge on any atom is -0.496 e. The highest BCUT2D eigenvalue weighted by Gasteiger charge is 2.36. The van der Waals surface area contributed by atoms with Crippen LogP contribution in [0.4, 0.5) is 4.79 Å². The third-order valence-corrected chi connectivity index (χ3v) is 4.42. The van der Waals surface area contributed by atoms with Crippen molar-refractivity contribution in [3.05, 3.63) is 29.3 Å². The molecule has 0 radical (unpaired) electrons. The summed E-state index contributed by atoms with van der Waals surface area (Å²) < 4.78 is 10.5. The first kappa shape index (κ1) is 20.7. The van der Waals surface area contributed by atoms with Crippen LogP contribution in [0.3, 0.4) is 0 Å². The lowest BCUT2D eigenvalue weighted by Crippen LogP contribution is -2.44. The van der Waals surface area contributed by atoms with Gasteiger partial charge >= 0.3 is 6.09 Å². The number of rotatable bonds is 6. The van der Waals surface area contributed by atoms with Crippen molar-refractivity contribution in [3.63, 3.8) is 0 Å². The molecule has 1 aliphatic heterocycles. The van der Waals surface area contributed by atoms with Crippen LogP contribution in [0.15, 0.2) is 18.2 Å². The topological polar surface area (TPSA) is 84.9 Å². The van der Waals surface area contributed by atoms with Crippen molar-refractivity contribution in [2.75, 3.05) is 20.2 Å². The second-order valence-electron chi connectivity index (χ2n) is 7.57. The third-order valence-electron chi connectivity index (χ3n) is 4.42. The molecule has 0 bridgehead atoms. The van der Waals surface area contributed by atoms with Gasteiger partial charge in [-0.15, -0.1) is 0 Å². The number of ketones is 1. The Kier molecular flexibility index (Phi) is 6.46. The molecule has 0 saturated carbocycles. The van der Waals surface area contributed by atoms with Crippen LogP contribution in [0.2, 0.25) is 0 Å². The molecule has 1 aromatic rings. The molecule has 7 heteroatoms. The summed E-state index contributed by atoms with van der Waals surface area (Å²) in [6.45, 7) is 7.65. The van der Waals surface area contributed by atoms with Crippen molar-refractivity contribution in [2.45, 2.75) is 52.2 Å². The first-order valence-electron chi connectivity index (χ1n) is 9.08. The molecule has 1 heterocycles. The molecule has 0 spiro atoms. The number of carbonyl (C=O) groups is 3. The fourth-order valence-corrected chi connectivity index (χ4v) is 3.16. The minimum absolute atomic E-state index is 0.0834. The Labute approximate surface area is 160 Å². The molecule has 27 heavy (non-hydrogen) atoms. The van der Waals surface area contributed by atoms with Crippen molar-refractivity contribution in [1.29, 1.82) is 0 Å². The molecule has 1 fully saturated rings. The Morgan fingerprint density at radius 1 is 1.30 bits per heavy atom. The monoisotopic (exact) mass is 376 g/mol. The number of Topliss-reactive ketones (excluding diaryl/α,β-unsaturated/α-hetero) is 1. The van der Waals surface area contributed by atoms with Crippen molar-refractivity contribution in [3.8, 4) is 5.75 Å². The summed E-state index contributed by atoms with van der Waals surface area (Å²) in [7, 11) is 1.56. The van der Waals surface area contributed by atoms with Gasteiger partial charge in [-0.2, -0.15) is 0 Å². The predicted molar refractivity (Wildman–Crippen MR) is 101 cm³/mol. The van der Waals surface area contributed by atoms with E-state index in [9.17, 15) is 14.4 Å². The number of alkyl carbamates (subject to hydrolysis) is 1. The maximum absolute atomic E-state index is 13.0. The van der Waals surface area contributed by atoms with Crippen LogP contribution < -0.4 is 10.1 Å². The summed E-state index contributed by atoms with van der Waals surface area (Å²) in [4.78, 5) is 38.5. The molecular formula is C20H28N2O5. The van der Waals surface area contributed by atoms with E-state index in [0.29, 0.717) is 24.2 Å². The molecule has 1 N–H and O–H groups in total. The van der Waals surface area contributed by atoms with E-state index in [1.807, 2.05) is 6.92 Å². The van der Waals surface area contributed by atoms with Gasteiger partial charge in [0, 0.05) is 30.6 Å². The van der Waals surface area contributed by atoms with Gasteiger partial charge in [0.15, 0.2) is 5.78 Å². The maximum atomic E-state index is 13.0. The van der Waals surface area contributed by atoms with Gasteiger partial charge in [-0.3, -0.25) is 9.59 Å². The highest BCUT2D eigenvalue weighted by atomic mass is 16.6.